The van der Waals surface area contributed by atoms with Crippen LogP contribution in [0.15, 0.2) is 48.5 Å². The van der Waals surface area contributed by atoms with Gasteiger partial charge in [0.2, 0.25) is 0 Å². The van der Waals surface area contributed by atoms with Crippen LogP contribution in [0.1, 0.15) is 60.8 Å². The fourth-order valence-electron chi connectivity index (χ4n) is 4.91. The topological polar surface area (TPSA) is 144 Å². The zero-order valence-corrected chi connectivity index (χ0v) is 37.0. The van der Waals surface area contributed by atoms with Gasteiger partial charge in [0.15, 0.2) is 8.32 Å². The van der Waals surface area contributed by atoms with E-state index in [2.05, 4.69) is 13.1 Å². The minimum atomic E-state index is -2.55. The van der Waals surface area contributed by atoms with Crippen LogP contribution in [0, 0.1) is 0 Å². The molecular formula is C37H72N2O10Si3. The van der Waals surface area contributed by atoms with E-state index in [1.54, 1.807) is 14.2 Å². The predicted octanol–water partition coefficient (Wildman–Crippen LogP) is 8.05. The first kappa shape index (κ1) is 50.0. The summed E-state index contributed by atoms with van der Waals surface area (Å²) in [5.41, 5.74) is 12.8. The van der Waals surface area contributed by atoms with E-state index in [4.69, 9.17) is 56.7 Å². The molecule has 0 heterocycles. The van der Waals surface area contributed by atoms with Crippen LogP contribution in [0.25, 0.3) is 0 Å². The van der Waals surface area contributed by atoms with Gasteiger partial charge in [-0.3, -0.25) is 0 Å². The predicted molar refractivity (Wildman–Crippen MR) is 219 cm³/mol. The number of ether oxygens (including phenoxy) is 3. The highest BCUT2D eigenvalue weighted by molar-refractivity contribution is 6.71. The standard InChI is InChI=1S/C15H27NO4Si.C12H21NO2Si.C10H24O4Si/c1-4-18-21(19-5-2,20-6-3)12-8-11-17-15-10-7-9-14(16)13-15;1-14-16(2,3)9-5-8-15-12-7-4-6-11(13)10-12;1-5-12-15(13-6-2,14-7-3)10-8-9-11-4/h7,9-10,13H,4-6,8,11-12,16H2,1-3H3;4,6-7,10H,5,8-9,13H2,1-3H3;5-10H2,1-4H3. The van der Waals surface area contributed by atoms with Gasteiger partial charge in [-0.25, -0.2) is 0 Å². The Hall–Kier alpha value is -2.03. The van der Waals surface area contributed by atoms with Crippen molar-refractivity contribution in [3.05, 3.63) is 48.5 Å². The molecular weight excluding hydrogens is 717 g/mol. The van der Waals surface area contributed by atoms with Crippen LogP contribution in [0.4, 0.5) is 11.4 Å². The van der Waals surface area contributed by atoms with Gasteiger partial charge in [0.05, 0.1) is 13.2 Å². The summed E-state index contributed by atoms with van der Waals surface area (Å²) >= 11 is 0. The lowest BCUT2D eigenvalue weighted by Crippen LogP contribution is -2.46. The fourth-order valence-corrected chi connectivity index (χ4v) is 11.3. The molecule has 2 aromatic carbocycles. The molecule has 0 radical (unpaired) electrons. The molecule has 52 heavy (non-hydrogen) atoms. The lowest BCUT2D eigenvalue weighted by atomic mass is 10.3. The molecule has 0 atom stereocenters. The van der Waals surface area contributed by atoms with Gasteiger partial charge in [-0.1, -0.05) is 12.1 Å². The summed E-state index contributed by atoms with van der Waals surface area (Å²) < 4.78 is 56.3. The Bertz CT molecular complexity index is 1100. The molecule has 0 saturated heterocycles. The minimum absolute atomic E-state index is 0.589. The second-order valence-corrected chi connectivity index (χ2v) is 22.0. The van der Waals surface area contributed by atoms with Gasteiger partial charge in [0.1, 0.15) is 11.5 Å². The Labute approximate surface area is 318 Å². The van der Waals surface area contributed by atoms with Gasteiger partial charge >= 0.3 is 17.6 Å². The largest absolute Gasteiger partial charge is 0.501 e. The molecule has 0 amide bonds. The summed E-state index contributed by atoms with van der Waals surface area (Å²) in [6.07, 6.45) is 2.77. The summed E-state index contributed by atoms with van der Waals surface area (Å²) in [6.45, 7) is 22.0. The average Bonchev–Trinajstić information content (AvgIpc) is 3.10. The van der Waals surface area contributed by atoms with Gasteiger partial charge < -0.3 is 56.7 Å². The number of methoxy groups -OCH3 is 1. The second-order valence-electron chi connectivity index (χ2n) is 12.1. The molecule has 12 nitrogen and oxygen atoms in total. The summed E-state index contributed by atoms with van der Waals surface area (Å²) in [7, 11) is -2.90. The van der Waals surface area contributed by atoms with Crippen LogP contribution < -0.4 is 20.9 Å². The maximum atomic E-state index is 5.80. The normalized spacial score (nSPS) is 11.7. The Morgan fingerprint density at radius 2 is 0.846 bits per heavy atom. The van der Waals surface area contributed by atoms with Crippen molar-refractivity contribution in [1.82, 2.24) is 0 Å². The van der Waals surface area contributed by atoms with Crippen molar-refractivity contribution in [3.63, 3.8) is 0 Å². The minimum Gasteiger partial charge on any atom is -0.494 e. The van der Waals surface area contributed by atoms with Gasteiger partial charge in [0.25, 0.3) is 0 Å². The van der Waals surface area contributed by atoms with Gasteiger partial charge in [-0.15, -0.1) is 0 Å². The van der Waals surface area contributed by atoms with Crippen molar-refractivity contribution < 1.29 is 45.2 Å². The molecule has 0 unspecified atom stereocenters. The highest BCUT2D eigenvalue weighted by Crippen LogP contribution is 2.21. The number of hydrogen-bond donors (Lipinski definition) is 2. The monoisotopic (exact) mass is 788 g/mol. The first-order valence-electron chi connectivity index (χ1n) is 18.8. The maximum Gasteiger partial charge on any atom is 0.501 e. The molecule has 4 N–H and O–H groups in total. The summed E-state index contributed by atoms with van der Waals surface area (Å²) in [4.78, 5) is 0. The lowest BCUT2D eigenvalue weighted by molar-refractivity contribution is 0.0679. The van der Waals surface area contributed by atoms with Crippen molar-refractivity contribution in [2.45, 2.75) is 92.0 Å². The van der Waals surface area contributed by atoms with Crippen LogP contribution >= 0.6 is 0 Å². The number of nitrogens with two attached hydrogens (primary N) is 2. The van der Waals surface area contributed by atoms with E-state index in [0.717, 1.165) is 67.8 Å². The number of nitrogen functional groups attached to an aromatic ring is 2. The van der Waals surface area contributed by atoms with Gasteiger partial charge in [-0.2, -0.15) is 0 Å². The molecule has 0 saturated carbocycles. The molecule has 0 aliphatic heterocycles. The second kappa shape index (κ2) is 30.3. The fraction of sp³-hybridized carbons (Fsp3) is 0.676. The molecule has 302 valence electrons. The zero-order chi connectivity index (χ0) is 39.1. The maximum absolute atomic E-state index is 5.80. The smallest absolute Gasteiger partial charge is 0.494 e. The third kappa shape index (κ3) is 23.6. The Kier molecular flexibility index (Phi) is 29.1. The molecule has 0 spiro atoms. The van der Waals surface area contributed by atoms with Crippen molar-refractivity contribution >= 4 is 37.3 Å². The van der Waals surface area contributed by atoms with Crippen LogP contribution in [0.2, 0.25) is 31.2 Å². The molecule has 0 aliphatic carbocycles. The Morgan fingerprint density at radius 3 is 1.15 bits per heavy atom. The summed E-state index contributed by atoms with van der Waals surface area (Å²) in [6, 6.07) is 17.7. The van der Waals surface area contributed by atoms with Crippen LogP contribution in [-0.2, 0) is 35.7 Å². The lowest BCUT2D eigenvalue weighted by Gasteiger charge is -2.28. The summed E-state index contributed by atoms with van der Waals surface area (Å²) in [5, 5.41) is 0. The van der Waals surface area contributed by atoms with Crippen molar-refractivity contribution in [1.29, 1.82) is 0 Å². The van der Waals surface area contributed by atoms with E-state index in [1.807, 2.05) is 90.1 Å². The zero-order valence-electron chi connectivity index (χ0n) is 34.0. The number of hydrogen-bond acceptors (Lipinski definition) is 12. The van der Waals surface area contributed by atoms with Crippen molar-refractivity contribution in [2.75, 3.05) is 85.1 Å². The molecule has 2 rings (SSSR count). The highest BCUT2D eigenvalue weighted by atomic mass is 28.4. The van der Waals surface area contributed by atoms with Gasteiger partial charge in [-0.05, 0) is 104 Å². The van der Waals surface area contributed by atoms with E-state index in [1.165, 1.54) is 0 Å². The first-order chi connectivity index (χ1) is 24.9. The number of rotatable bonds is 27. The molecule has 0 aliphatic rings. The molecule has 15 heteroatoms. The molecule has 0 aromatic heterocycles. The first-order valence-corrected chi connectivity index (χ1v) is 25.8. The average molecular weight is 789 g/mol. The Morgan fingerprint density at radius 1 is 0.500 bits per heavy atom. The van der Waals surface area contributed by atoms with E-state index >= 15 is 0 Å². The van der Waals surface area contributed by atoms with E-state index in [-0.39, 0.29) is 0 Å². The molecule has 0 bridgehead atoms. The SMILES string of the molecule is CCO[Si](CCCOC)(OCC)OCC.CCO[Si](CCCOc1cccc(N)c1)(OCC)OCC.CO[Si](C)(C)CCCOc1cccc(N)c1. The number of anilines is 2. The Balaban J connectivity index is 0.000000765. The number of benzene rings is 2. The van der Waals surface area contributed by atoms with Crippen LogP contribution in [0.5, 0.6) is 11.5 Å². The highest BCUT2D eigenvalue weighted by Gasteiger charge is 2.40. The third-order valence-electron chi connectivity index (χ3n) is 7.37. The van der Waals surface area contributed by atoms with Gasteiger partial charge in [0, 0.05) is 96.1 Å². The molecule has 2 aromatic rings. The quantitative estimate of drug-likeness (QED) is 0.0514. The summed E-state index contributed by atoms with van der Waals surface area (Å²) in [5.74, 6) is 1.63. The van der Waals surface area contributed by atoms with Crippen molar-refractivity contribution in [2.24, 2.45) is 0 Å². The van der Waals surface area contributed by atoms with Crippen LogP contribution in [-0.4, -0.2) is 99.6 Å². The van der Waals surface area contributed by atoms with Crippen molar-refractivity contribution in [3.8, 4) is 11.5 Å². The molecule has 0 fully saturated rings. The van der Waals surface area contributed by atoms with Crippen LogP contribution in [0.3, 0.4) is 0 Å². The van der Waals surface area contributed by atoms with E-state index < -0.39 is 25.9 Å². The third-order valence-corrected chi connectivity index (χ3v) is 16.3. The van der Waals surface area contributed by atoms with E-state index in [0.29, 0.717) is 51.9 Å². The van der Waals surface area contributed by atoms with E-state index in [9.17, 15) is 0 Å².